The predicted octanol–water partition coefficient (Wildman–Crippen LogP) is 1.37. The molecule has 1 N–H and O–H groups in total. The molecule has 0 unspecified atom stereocenters. The molecule has 1 aromatic rings. The van der Waals surface area contributed by atoms with Gasteiger partial charge in [0.1, 0.15) is 5.82 Å². The van der Waals surface area contributed by atoms with Crippen molar-refractivity contribution in [3.8, 4) is 0 Å². The van der Waals surface area contributed by atoms with Crippen LogP contribution in [0.15, 0.2) is 24.3 Å². The first-order valence-electron chi connectivity index (χ1n) is 3.38. The Labute approximate surface area is 69.2 Å². The summed E-state index contributed by atoms with van der Waals surface area (Å²) in [6, 6.07) is 6.15. The lowest BCUT2D eigenvalue weighted by Crippen LogP contribution is -2.05. The van der Waals surface area contributed by atoms with Gasteiger partial charge in [0.05, 0.1) is 5.69 Å². The van der Waals surface area contributed by atoms with Crippen LogP contribution in [0.2, 0.25) is 0 Å². The molecule has 1 aromatic carbocycles. The summed E-state index contributed by atoms with van der Waals surface area (Å²) in [4.78, 5) is 9.72. The second-order valence-corrected chi connectivity index (χ2v) is 2.06. The summed E-state index contributed by atoms with van der Waals surface area (Å²) in [5.41, 5.74) is 0.319. The van der Waals surface area contributed by atoms with Crippen molar-refractivity contribution in [3.05, 3.63) is 30.1 Å². The quantitative estimate of drug-likeness (QED) is 0.420. The number of hydrogen-bond acceptors (Lipinski definition) is 3. The molecule has 0 bridgehead atoms. The monoisotopic (exact) mass is 169 g/mol. The minimum absolute atomic E-state index is 0.0234. The summed E-state index contributed by atoms with van der Waals surface area (Å²) in [6.45, 7) is 0.276. The van der Waals surface area contributed by atoms with Crippen LogP contribution in [0.1, 0.15) is 0 Å². The second-order valence-electron chi connectivity index (χ2n) is 2.06. The average Bonchev–Trinajstić information content (AvgIpc) is 2.09. The van der Waals surface area contributed by atoms with E-state index in [0.29, 0.717) is 12.2 Å². The van der Waals surface area contributed by atoms with E-state index in [9.17, 15) is 9.18 Å². The van der Waals surface area contributed by atoms with E-state index in [1.165, 1.54) is 6.07 Å². The Bertz CT molecular complexity index is 265. The van der Waals surface area contributed by atoms with Crippen LogP contribution in [0.5, 0.6) is 0 Å². The molecule has 0 aliphatic heterocycles. The average molecular weight is 169 g/mol. The molecule has 0 saturated carbocycles. The molecule has 0 amide bonds. The number of benzene rings is 1. The predicted molar refractivity (Wildman–Crippen MR) is 42.0 cm³/mol. The zero-order valence-electron chi connectivity index (χ0n) is 6.29. The van der Waals surface area contributed by atoms with Crippen LogP contribution in [0, 0.1) is 5.82 Å². The zero-order valence-corrected chi connectivity index (χ0v) is 6.29. The van der Waals surface area contributed by atoms with E-state index in [0.717, 1.165) is 0 Å². The summed E-state index contributed by atoms with van der Waals surface area (Å²) >= 11 is 0. The molecule has 0 heterocycles. The Kier molecular flexibility index (Phi) is 3.07. The number of hydrogen-bond donors (Lipinski definition) is 1. The number of nitrogens with one attached hydrogen (secondary N) is 1. The van der Waals surface area contributed by atoms with Crippen molar-refractivity contribution in [3.63, 3.8) is 0 Å². The van der Waals surface area contributed by atoms with Gasteiger partial charge in [-0.05, 0) is 12.1 Å². The first kappa shape index (κ1) is 8.52. The number of anilines is 1. The third-order valence-corrected chi connectivity index (χ3v) is 1.29. The number of halogens is 1. The zero-order chi connectivity index (χ0) is 8.81. The molecule has 0 saturated heterocycles. The van der Waals surface area contributed by atoms with Gasteiger partial charge in [0, 0.05) is 0 Å². The number of para-hydroxylation sites is 1. The Hall–Kier alpha value is -1.58. The summed E-state index contributed by atoms with van der Waals surface area (Å²) in [5.74, 6) is -0.369. The molecule has 64 valence electrons. The van der Waals surface area contributed by atoms with Crippen molar-refractivity contribution in [2.75, 3.05) is 12.0 Å². The van der Waals surface area contributed by atoms with Gasteiger partial charge in [0.2, 0.25) is 0 Å². The van der Waals surface area contributed by atoms with Crippen molar-refractivity contribution in [1.82, 2.24) is 0 Å². The van der Waals surface area contributed by atoms with Crippen molar-refractivity contribution in [2.24, 2.45) is 0 Å². The van der Waals surface area contributed by atoms with E-state index >= 15 is 0 Å². The van der Waals surface area contributed by atoms with Crippen LogP contribution in [0.4, 0.5) is 10.1 Å². The van der Waals surface area contributed by atoms with Crippen LogP contribution >= 0.6 is 0 Å². The maximum absolute atomic E-state index is 12.8. The first-order chi connectivity index (χ1) is 5.84. The Balaban J connectivity index is 2.51. The van der Waals surface area contributed by atoms with Crippen LogP contribution in [0.3, 0.4) is 0 Å². The smallest absolute Gasteiger partial charge is 0.294 e. The SMILES string of the molecule is O=COCNc1ccccc1F. The molecular formula is C8H8FNO2. The third-order valence-electron chi connectivity index (χ3n) is 1.29. The van der Waals surface area contributed by atoms with Crippen molar-refractivity contribution in [2.45, 2.75) is 0 Å². The molecule has 0 radical (unpaired) electrons. The van der Waals surface area contributed by atoms with Gasteiger partial charge in [-0.25, -0.2) is 4.39 Å². The normalized spacial score (nSPS) is 9.08. The van der Waals surface area contributed by atoms with Crippen LogP contribution in [0.25, 0.3) is 0 Å². The van der Waals surface area contributed by atoms with Gasteiger partial charge in [0.25, 0.3) is 6.47 Å². The minimum atomic E-state index is -0.369. The van der Waals surface area contributed by atoms with Crippen LogP contribution < -0.4 is 5.32 Å². The molecule has 0 atom stereocenters. The number of ether oxygens (including phenoxy) is 1. The Morgan fingerprint density at radius 1 is 1.50 bits per heavy atom. The molecule has 12 heavy (non-hydrogen) atoms. The first-order valence-corrected chi connectivity index (χ1v) is 3.38. The third kappa shape index (κ3) is 2.23. The number of rotatable bonds is 4. The molecule has 0 aromatic heterocycles. The van der Waals surface area contributed by atoms with Gasteiger partial charge in [0.15, 0.2) is 6.73 Å². The summed E-state index contributed by atoms with van der Waals surface area (Å²) in [5, 5.41) is 2.59. The topological polar surface area (TPSA) is 38.3 Å². The molecule has 3 nitrogen and oxygen atoms in total. The number of carbonyl (C=O) groups excluding carboxylic acids is 1. The molecule has 4 heteroatoms. The second kappa shape index (κ2) is 4.33. The van der Waals surface area contributed by atoms with Crippen molar-refractivity contribution in [1.29, 1.82) is 0 Å². The maximum atomic E-state index is 12.8. The summed E-state index contributed by atoms with van der Waals surface area (Å²) < 4.78 is 17.1. The van der Waals surface area contributed by atoms with Gasteiger partial charge in [-0.3, -0.25) is 4.79 Å². The van der Waals surface area contributed by atoms with Crippen molar-refractivity contribution >= 4 is 12.2 Å². The van der Waals surface area contributed by atoms with Gasteiger partial charge < -0.3 is 10.1 Å². The lowest BCUT2D eigenvalue weighted by molar-refractivity contribution is -0.127. The summed E-state index contributed by atoms with van der Waals surface area (Å²) in [7, 11) is 0. The van der Waals surface area contributed by atoms with Crippen LogP contribution in [-0.4, -0.2) is 13.2 Å². The molecular weight excluding hydrogens is 161 g/mol. The van der Waals surface area contributed by atoms with Gasteiger partial charge in [-0.2, -0.15) is 0 Å². The van der Waals surface area contributed by atoms with Crippen molar-refractivity contribution < 1.29 is 13.9 Å². The number of carbonyl (C=O) groups is 1. The Morgan fingerprint density at radius 3 is 2.92 bits per heavy atom. The molecule has 0 spiro atoms. The highest BCUT2D eigenvalue weighted by atomic mass is 19.1. The van der Waals surface area contributed by atoms with E-state index in [1.807, 2.05) is 0 Å². The molecule has 1 rings (SSSR count). The lowest BCUT2D eigenvalue weighted by Gasteiger charge is -2.04. The molecule has 0 aliphatic rings. The van der Waals surface area contributed by atoms with Gasteiger partial charge in [-0.1, -0.05) is 12.1 Å². The van der Waals surface area contributed by atoms with Gasteiger partial charge >= 0.3 is 0 Å². The van der Waals surface area contributed by atoms with Crippen LogP contribution in [-0.2, 0) is 9.53 Å². The fourth-order valence-electron chi connectivity index (χ4n) is 0.758. The van der Waals surface area contributed by atoms with E-state index in [-0.39, 0.29) is 12.5 Å². The molecule has 0 aliphatic carbocycles. The standard InChI is InChI=1S/C8H8FNO2/c9-7-3-1-2-4-8(7)10-5-12-6-11/h1-4,6,10H,5H2. The summed E-state index contributed by atoms with van der Waals surface area (Å²) in [6.07, 6.45) is 0. The fraction of sp³-hybridized carbons (Fsp3) is 0.125. The molecule has 0 fully saturated rings. The minimum Gasteiger partial charge on any atom is -0.447 e. The highest BCUT2D eigenvalue weighted by molar-refractivity contribution is 5.45. The highest BCUT2D eigenvalue weighted by Crippen LogP contribution is 2.11. The lowest BCUT2D eigenvalue weighted by atomic mass is 10.3. The Morgan fingerprint density at radius 2 is 2.25 bits per heavy atom. The van der Waals surface area contributed by atoms with E-state index in [2.05, 4.69) is 10.1 Å². The highest BCUT2D eigenvalue weighted by Gasteiger charge is 1.97. The van der Waals surface area contributed by atoms with E-state index in [1.54, 1.807) is 18.2 Å². The largest absolute Gasteiger partial charge is 0.447 e. The van der Waals surface area contributed by atoms with E-state index in [4.69, 9.17) is 0 Å². The van der Waals surface area contributed by atoms with E-state index < -0.39 is 0 Å². The fourth-order valence-corrected chi connectivity index (χ4v) is 0.758. The van der Waals surface area contributed by atoms with Gasteiger partial charge in [-0.15, -0.1) is 0 Å². The maximum Gasteiger partial charge on any atom is 0.294 e.